The Morgan fingerprint density at radius 3 is 2.74 bits per heavy atom. The van der Waals surface area contributed by atoms with Crippen LogP contribution in [0.15, 0.2) is 12.5 Å². The number of amides is 1. The van der Waals surface area contributed by atoms with Gasteiger partial charge in [-0.3, -0.25) is 4.79 Å². The maximum Gasteiger partial charge on any atom is 0.274 e. The molecule has 2 saturated heterocycles. The lowest BCUT2D eigenvalue weighted by Crippen LogP contribution is -2.54. The van der Waals surface area contributed by atoms with Crippen molar-refractivity contribution in [3.63, 3.8) is 0 Å². The van der Waals surface area contributed by atoms with Crippen LogP contribution in [0.3, 0.4) is 0 Å². The first-order valence-corrected chi connectivity index (χ1v) is 9.13. The first kappa shape index (κ1) is 15.2. The van der Waals surface area contributed by atoms with Gasteiger partial charge in [-0.05, 0) is 51.0 Å². The van der Waals surface area contributed by atoms with Gasteiger partial charge in [-0.15, -0.1) is 0 Å². The minimum Gasteiger partial charge on any atom is -0.340 e. The molecule has 0 radical (unpaired) electrons. The van der Waals surface area contributed by atoms with Crippen LogP contribution < -0.4 is 0 Å². The summed E-state index contributed by atoms with van der Waals surface area (Å²) in [6, 6.07) is 0. The van der Waals surface area contributed by atoms with E-state index in [0.29, 0.717) is 11.1 Å². The van der Waals surface area contributed by atoms with Gasteiger partial charge >= 0.3 is 0 Å². The lowest BCUT2D eigenvalue weighted by molar-refractivity contribution is 0.0122. The summed E-state index contributed by atoms with van der Waals surface area (Å²) in [7, 11) is 1.92. The molecule has 126 valence electrons. The average Bonchev–Trinajstić information content (AvgIpc) is 3.24. The Labute approximate surface area is 138 Å². The molecule has 3 fully saturated rings. The zero-order chi connectivity index (χ0) is 15.9. The summed E-state index contributed by atoms with van der Waals surface area (Å²) in [6.45, 7) is 5.54. The summed E-state index contributed by atoms with van der Waals surface area (Å²) >= 11 is 0. The average molecular weight is 316 g/mol. The van der Waals surface area contributed by atoms with E-state index in [-0.39, 0.29) is 5.91 Å². The van der Waals surface area contributed by atoms with Gasteiger partial charge < -0.3 is 14.4 Å². The molecule has 1 amide bonds. The third-order valence-corrected chi connectivity index (χ3v) is 5.83. The summed E-state index contributed by atoms with van der Waals surface area (Å²) in [5, 5.41) is 0. The second-order valence-corrected chi connectivity index (χ2v) is 8.04. The van der Waals surface area contributed by atoms with Crippen molar-refractivity contribution >= 4 is 5.91 Å². The topological polar surface area (TPSA) is 41.4 Å². The van der Waals surface area contributed by atoms with E-state index in [4.69, 9.17) is 0 Å². The second kappa shape index (κ2) is 5.93. The maximum atomic E-state index is 12.7. The van der Waals surface area contributed by atoms with Crippen molar-refractivity contribution in [2.75, 3.05) is 32.7 Å². The van der Waals surface area contributed by atoms with E-state index in [0.717, 1.165) is 25.4 Å². The molecular weight excluding hydrogens is 288 g/mol. The molecule has 1 saturated carbocycles. The fourth-order valence-corrected chi connectivity index (χ4v) is 4.53. The lowest BCUT2D eigenvalue weighted by Gasteiger charge is -2.48. The molecule has 23 heavy (non-hydrogen) atoms. The SMILES string of the molecule is Cn1cnc(C(=O)N2CCCC3(CCCN(CC4CC4)C3)C2)c1. The molecule has 5 heteroatoms. The highest BCUT2D eigenvalue weighted by Crippen LogP contribution is 2.40. The normalized spacial score (nSPS) is 29.2. The van der Waals surface area contributed by atoms with E-state index in [1.54, 1.807) is 6.33 Å². The molecule has 1 unspecified atom stereocenters. The number of rotatable bonds is 3. The van der Waals surface area contributed by atoms with Crippen molar-refractivity contribution in [2.24, 2.45) is 18.4 Å². The van der Waals surface area contributed by atoms with Crippen molar-refractivity contribution in [1.82, 2.24) is 19.4 Å². The second-order valence-electron chi connectivity index (χ2n) is 8.04. The van der Waals surface area contributed by atoms with Crippen molar-refractivity contribution in [1.29, 1.82) is 0 Å². The summed E-state index contributed by atoms with van der Waals surface area (Å²) in [5.74, 6) is 1.07. The quantitative estimate of drug-likeness (QED) is 0.858. The van der Waals surface area contributed by atoms with E-state index in [9.17, 15) is 4.79 Å². The van der Waals surface area contributed by atoms with E-state index in [1.165, 1.54) is 51.7 Å². The molecule has 1 aromatic rings. The van der Waals surface area contributed by atoms with Crippen LogP contribution in [0.4, 0.5) is 0 Å². The Bertz CT molecular complexity index is 575. The fraction of sp³-hybridized carbons (Fsp3) is 0.778. The molecule has 0 bridgehead atoms. The third-order valence-electron chi connectivity index (χ3n) is 5.83. The molecule has 4 rings (SSSR count). The van der Waals surface area contributed by atoms with E-state index in [2.05, 4.69) is 14.8 Å². The monoisotopic (exact) mass is 316 g/mol. The summed E-state index contributed by atoms with van der Waals surface area (Å²) in [5.41, 5.74) is 0.922. The number of nitrogens with zero attached hydrogens (tertiary/aromatic N) is 4. The molecule has 5 nitrogen and oxygen atoms in total. The van der Waals surface area contributed by atoms with Gasteiger partial charge in [0.25, 0.3) is 5.91 Å². The number of aromatic nitrogens is 2. The van der Waals surface area contributed by atoms with Gasteiger partial charge in [0.05, 0.1) is 6.33 Å². The number of imidazole rings is 1. The van der Waals surface area contributed by atoms with Gasteiger partial charge in [-0.25, -0.2) is 4.98 Å². The van der Waals surface area contributed by atoms with Gasteiger partial charge in [0.1, 0.15) is 5.69 Å². The van der Waals surface area contributed by atoms with Crippen LogP contribution in [0, 0.1) is 11.3 Å². The molecule has 1 aromatic heterocycles. The summed E-state index contributed by atoms with van der Waals surface area (Å²) in [4.78, 5) is 21.7. The Kier molecular flexibility index (Phi) is 3.92. The number of aryl methyl sites for hydroxylation is 1. The van der Waals surface area contributed by atoms with Crippen molar-refractivity contribution in [2.45, 2.75) is 38.5 Å². The molecular formula is C18H28N4O. The van der Waals surface area contributed by atoms with Crippen LogP contribution in [0.5, 0.6) is 0 Å². The molecule has 1 spiro atoms. The number of carbonyl (C=O) groups is 1. The Balaban J connectivity index is 1.44. The zero-order valence-electron chi connectivity index (χ0n) is 14.2. The van der Waals surface area contributed by atoms with Gasteiger partial charge in [0.15, 0.2) is 0 Å². The predicted molar refractivity (Wildman–Crippen MR) is 89.2 cm³/mol. The van der Waals surface area contributed by atoms with Crippen LogP contribution in [-0.2, 0) is 7.05 Å². The van der Waals surface area contributed by atoms with E-state index in [1.807, 2.05) is 17.8 Å². The Morgan fingerprint density at radius 2 is 2.04 bits per heavy atom. The summed E-state index contributed by atoms with van der Waals surface area (Å²) in [6.07, 6.45) is 11.4. The molecule has 2 aliphatic heterocycles. The van der Waals surface area contributed by atoms with Crippen LogP contribution >= 0.6 is 0 Å². The highest BCUT2D eigenvalue weighted by atomic mass is 16.2. The van der Waals surface area contributed by atoms with Gasteiger partial charge in [-0.1, -0.05) is 0 Å². The highest BCUT2D eigenvalue weighted by Gasteiger charge is 2.41. The van der Waals surface area contributed by atoms with Gasteiger partial charge in [0, 0.05) is 44.8 Å². The minimum absolute atomic E-state index is 0.115. The number of likely N-dealkylation sites (tertiary alicyclic amines) is 2. The number of hydrogen-bond acceptors (Lipinski definition) is 3. The van der Waals surface area contributed by atoms with Gasteiger partial charge in [0.2, 0.25) is 0 Å². The molecule has 0 aromatic carbocycles. The van der Waals surface area contributed by atoms with Crippen molar-refractivity contribution < 1.29 is 4.79 Å². The first-order valence-electron chi connectivity index (χ1n) is 9.13. The first-order chi connectivity index (χ1) is 11.1. The number of piperidine rings is 2. The smallest absolute Gasteiger partial charge is 0.274 e. The Morgan fingerprint density at radius 1 is 1.26 bits per heavy atom. The van der Waals surface area contributed by atoms with E-state index >= 15 is 0 Å². The van der Waals surface area contributed by atoms with Crippen molar-refractivity contribution in [3.05, 3.63) is 18.2 Å². The minimum atomic E-state index is 0.115. The lowest BCUT2D eigenvalue weighted by atomic mass is 9.73. The largest absolute Gasteiger partial charge is 0.340 e. The molecule has 0 N–H and O–H groups in total. The Hall–Kier alpha value is -1.36. The predicted octanol–water partition coefficient (Wildman–Crippen LogP) is 2.15. The molecule has 3 heterocycles. The zero-order valence-corrected chi connectivity index (χ0v) is 14.2. The van der Waals surface area contributed by atoms with Crippen LogP contribution in [0.2, 0.25) is 0 Å². The third kappa shape index (κ3) is 3.30. The number of carbonyl (C=O) groups excluding carboxylic acids is 1. The van der Waals surface area contributed by atoms with Crippen molar-refractivity contribution in [3.8, 4) is 0 Å². The van der Waals surface area contributed by atoms with E-state index < -0.39 is 0 Å². The number of hydrogen-bond donors (Lipinski definition) is 0. The maximum absolute atomic E-state index is 12.7. The summed E-state index contributed by atoms with van der Waals surface area (Å²) < 4.78 is 1.85. The molecule has 1 atom stereocenters. The molecule has 1 aliphatic carbocycles. The van der Waals surface area contributed by atoms with Crippen LogP contribution in [0.25, 0.3) is 0 Å². The molecule has 3 aliphatic rings. The standard InChI is InChI=1S/C18H28N4O/c1-20-11-16(19-14-20)17(23)22-9-3-7-18(13-22)6-2-8-21(12-18)10-15-4-5-15/h11,14-15H,2-10,12-13H2,1H3. The van der Waals surface area contributed by atoms with Crippen LogP contribution in [-0.4, -0.2) is 58.0 Å². The van der Waals surface area contributed by atoms with Gasteiger partial charge in [-0.2, -0.15) is 0 Å². The highest BCUT2D eigenvalue weighted by molar-refractivity contribution is 5.92. The van der Waals surface area contributed by atoms with Crippen LogP contribution in [0.1, 0.15) is 49.0 Å². The fourth-order valence-electron chi connectivity index (χ4n) is 4.53.